The first-order chi connectivity index (χ1) is 16.8. The van der Waals surface area contributed by atoms with E-state index < -0.39 is 9.84 Å². The zero-order valence-electron chi connectivity index (χ0n) is 19.9. The maximum absolute atomic E-state index is 12.9. The van der Waals surface area contributed by atoms with Crippen molar-refractivity contribution in [3.8, 4) is 23.0 Å². The minimum atomic E-state index is -3.69. The molecule has 8 nitrogen and oxygen atoms in total. The zero-order valence-corrected chi connectivity index (χ0v) is 20.7. The fourth-order valence-electron chi connectivity index (χ4n) is 3.38. The lowest BCUT2D eigenvalue weighted by Gasteiger charge is -2.13. The van der Waals surface area contributed by atoms with Crippen LogP contribution in [0, 0.1) is 0 Å². The Labute approximate surface area is 205 Å². The van der Waals surface area contributed by atoms with Crippen LogP contribution in [0.4, 0.5) is 5.69 Å². The van der Waals surface area contributed by atoms with Gasteiger partial charge in [0.1, 0.15) is 23.0 Å². The van der Waals surface area contributed by atoms with Crippen LogP contribution in [0.3, 0.4) is 0 Å². The molecular formula is C26H27NO7S. The van der Waals surface area contributed by atoms with E-state index in [-0.39, 0.29) is 11.7 Å². The highest BCUT2D eigenvalue weighted by Gasteiger charge is 2.16. The van der Waals surface area contributed by atoms with Crippen molar-refractivity contribution in [3.63, 3.8) is 0 Å². The average molecular weight is 498 g/mol. The Morgan fingerprint density at radius 2 is 1.46 bits per heavy atom. The van der Waals surface area contributed by atoms with E-state index >= 15 is 0 Å². The van der Waals surface area contributed by atoms with Gasteiger partial charge in [0.2, 0.25) is 0 Å². The Kier molecular flexibility index (Phi) is 8.38. The molecule has 9 heteroatoms. The summed E-state index contributed by atoms with van der Waals surface area (Å²) < 4.78 is 47.1. The maximum atomic E-state index is 12.9. The molecule has 0 heterocycles. The summed E-state index contributed by atoms with van der Waals surface area (Å²) in [6, 6.07) is 16.8. The standard InChI is InChI=1S/C26H27NO7S/c1-31-20-15-24(33-3)21(25(16-20)34-4)12-13-35(29,30)17-18-10-11-23(32-2)22(14-18)27-26(28)19-8-6-5-7-9-19/h5-16H,17H2,1-4H3,(H,27,28)/b13-12-. The van der Waals surface area contributed by atoms with Crippen LogP contribution in [-0.2, 0) is 15.6 Å². The van der Waals surface area contributed by atoms with Crippen molar-refractivity contribution in [1.29, 1.82) is 0 Å². The lowest BCUT2D eigenvalue weighted by atomic mass is 10.1. The molecule has 0 radical (unpaired) electrons. The number of hydrogen-bond acceptors (Lipinski definition) is 7. The summed E-state index contributed by atoms with van der Waals surface area (Å²) in [5.74, 6) is 1.12. The van der Waals surface area contributed by atoms with Gasteiger partial charge >= 0.3 is 0 Å². The second kappa shape index (κ2) is 11.4. The van der Waals surface area contributed by atoms with Gasteiger partial charge in [0.05, 0.1) is 45.4 Å². The highest BCUT2D eigenvalue weighted by molar-refractivity contribution is 7.93. The number of amides is 1. The van der Waals surface area contributed by atoms with Gasteiger partial charge in [-0.3, -0.25) is 4.79 Å². The Balaban J connectivity index is 1.85. The van der Waals surface area contributed by atoms with Crippen LogP contribution >= 0.6 is 0 Å². The monoisotopic (exact) mass is 497 g/mol. The number of carbonyl (C=O) groups is 1. The van der Waals surface area contributed by atoms with Crippen molar-refractivity contribution in [2.75, 3.05) is 33.8 Å². The van der Waals surface area contributed by atoms with Gasteiger partial charge in [0.15, 0.2) is 9.84 Å². The Bertz CT molecular complexity index is 1290. The molecule has 1 amide bonds. The van der Waals surface area contributed by atoms with Crippen LogP contribution in [-0.4, -0.2) is 42.8 Å². The normalized spacial score (nSPS) is 11.2. The maximum Gasteiger partial charge on any atom is 0.255 e. The van der Waals surface area contributed by atoms with Crippen molar-refractivity contribution in [2.45, 2.75) is 5.75 Å². The molecule has 0 bridgehead atoms. The number of hydrogen-bond donors (Lipinski definition) is 1. The minimum absolute atomic E-state index is 0.289. The SMILES string of the molecule is COc1cc(OC)c(/C=C\S(=O)(=O)Cc2ccc(OC)c(NC(=O)c3ccccc3)c2)c(OC)c1. The first kappa shape index (κ1) is 25.6. The van der Waals surface area contributed by atoms with Crippen LogP contribution in [0.25, 0.3) is 6.08 Å². The van der Waals surface area contributed by atoms with E-state index in [1.165, 1.54) is 34.5 Å². The molecule has 3 aromatic carbocycles. The third-order valence-corrected chi connectivity index (χ3v) is 6.40. The molecule has 3 aromatic rings. The van der Waals surface area contributed by atoms with Crippen molar-refractivity contribution < 1.29 is 32.2 Å². The van der Waals surface area contributed by atoms with E-state index in [1.807, 2.05) is 6.07 Å². The number of rotatable bonds is 10. The molecule has 0 aliphatic heterocycles. The van der Waals surface area contributed by atoms with Gasteiger partial charge in [0, 0.05) is 23.1 Å². The van der Waals surface area contributed by atoms with E-state index in [1.54, 1.807) is 54.6 Å². The fourth-order valence-corrected chi connectivity index (χ4v) is 4.46. The molecule has 3 rings (SSSR count). The van der Waals surface area contributed by atoms with E-state index in [9.17, 15) is 13.2 Å². The van der Waals surface area contributed by atoms with Gasteiger partial charge in [-0.05, 0) is 35.9 Å². The molecule has 184 valence electrons. The summed E-state index contributed by atoms with van der Waals surface area (Å²) in [6.45, 7) is 0. The molecule has 0 aliphatic carbocycles. The number of anilines is 1. The Hall–Kier alpha value is -3.98. The number of sulfone groups is 1. The molecule has 0 aromatic heterocycles. The number of nitrogens with one attached hydrogen (secondary N) is 1. The predicted octanol–water partition coefficient (Wildman–Crippen LogP) is 4.56. The largest absolute Gasteiger partial charge is 0.496 e. The summed E-state index contributed by atoms with van der Waals surface area (Å²) in [5, 5.41) is 3.88. The zero-order chi connectivity index (χ0) is 25.4. The quantitative estimate of drug-likeness (QED) is 0.438. The van der Waals surface area contributed by atoms with Gasteiger partial charge in [-0.25, -0.2) is 8.42 Å². The number of ether oxygens (including phenoxy) is 4. The topological polar surface area (TPSA) is 100 Å². The molecular weight excluding hydrogens is 470 g/mol. The highest BCUT2D eigenvalue weighted by atomic mass is 32.2. The van der Waals surface area contributed by atoms with Crippen LogP contribution in [0.1, 0.15) is 21.5 Å². The summed E-state index contributed by atoms with van der Waals surface area (Å²) in [6.07, 6.45) is 1.42. The van der Waals surface area contributed by atoms with E-state index in [2.05, 4.69) is 5.32 Å². The lowest BCUT2D eigenvalue weighted by Crippen LogP contribution is -2.13. The van der Waals surface area contributed by atoms with Gasteiger partial charge in [-0.2, -0.15) is 0 Å². The van der Waals surface area contributed by atoms with E-state index in [0.29, 0.717) is 45.4 Å². The Morgan fingerprint density at radius 1 is 0.829 bits per heavy atom. The van der Waals surface area contributed by atoms with Crippen molar-refractivity contribution in [2.24, 2.45) is 0 Å². The summed E-state index contributed by atoms with van der Waals surface area (Å²) in [7, 11) is 2.25. The fraction of sp³-hybridized carbons (Fsp3) is 0.192. The molecule has 35 heavy (non-hydrogen) atoms. The van der Waals surface area contributed by atoms with Gasteiger partial charge in [-0.1, -0.05) is 24.3 Å². The van der Waals surface area contributed by atoms with Gasteiger partial charge in [0.25, 0.3) is 5.91 Å². The lowest BCUT2D eigenvalue weighted by molar-refractivity contribution is 0.102. The minimum Gasteiger partial charge on any atom is -0.496 e. The van der Waals surface area contributed by atoms with Crippen LogP contribution in [0.2, 0.25) is 0 Å². The van der Waals surface area contributed by atoms with Crippen LogP contribution < -0.4 is 24.3 Å². The number of carbonyl (C=O) groups excluding carboxylic acids is 1. The smallest absolute Gasteiger partial charge is 0.255 e. The van der Waals surface area contributed by atoms with Gasteiger partial charge in [-0.15, -0.1) is 0 Å². The third-order valence-electron chi connectivity index (χ3n) is 5.11. The molecule has 0 unspecified atom stereocenters. The summed E-state index contributed by atoms with van der Waals surface area (Å²) >= 11 is 0. The molecule has 0 saturated carbocycles. The second-order valence-electron chi connectivity index (χ2n) is 7.41. The van der Waals surface area contributed by atoms with E-state index in [0.717, 1.165) is 5.41 Å². The summed E-state index contributed by atoms with van der Waals surface area (Å²) in [5.41, 5.74) is 1.78. The van der Waals surface area contributed by atoms with Crippen molar-refractivity contribution >= 4 is 27.5 Å². The Morgan fingerprint density at radius 3 is 2.03 bits per heavy atom. The molecule has 1 N–H and O–H groups in total. The highest BCUT2D eigenvalue weighted by Crippen LogP contribution is 2.35. The average Bonchev–Trinajstić information content (AvgIpc) is 2.87. The molecule has 0 saturated heterocycles. The van der Waals surface area contributed by atoms with Crippen molar-refractivity contribution in [1.82, 2.24) is 0 Å². The first-order valence-corrected chi connectivity index (χ1v) is 12.3. The molecule has 0 aliphatic rings. The summed E-state index contributed by atoms with van der Waals surface area (Å²) in [4.78, 5) is 12.6. The molecule has 0 fully saturated rings. The molecule has 0 atom stereocenters. The number of methoxy groups -OCH3 is 4. The predicted molar refractivity (Wildman–Crippen MR) is 135 cm³/mol. The number of benzene rings is 3. The van der Waals surface area contributed by atoms with Crippen LogP contribution in [0.5, 0.6) is 23.0 Å². The second-order valence-corrected chi connectivity index (χ2v) is 9.30. The first-order valence-electron chi connectivity index (χ1n) is 10.5. The van der Waals surface area contributed by atoms with Crippen LogP contribution in [0.15, 0.2) is 66.1 Å². The van der Waals surface area contributed by atoms with Crippen molar-refractivity contribution in [3.05, 3.63) is 82.8 Å². The van der Waals surface area contributed by atoms with E-state index in [4.69, 9.17) is 18.9 Å². The molecule has 0 spiro atoms. The third kappa shape index (κ3) is 6.54. The van der Waals surface area contributed by atoms with Gasteiger partial charge < -0.3 is 24.3 Å².